The zero-order valence-corrected chi connectivity index (χ0v) is 9.23. The summed E-state index contributed by atoms with van der Waals surface area (Å²) in [4.78, 5) is 4.19. The number of nitrogens with zero attached hydrogens (tertiary/aromatic N) is 1. The van der Waals surface area contributed by atoms with Crippen LogP contribution in [-0.2, 0) is 11.3 Å². The minimum absolute atomic E-state index is 0.360. The van der Waals surface area contributed by atoms with E-state index < -0.39 is 6.10 Å². The minimum atomic E-state index is -0.451. The second-order valence-corrected chi connectivity index (χ2v) is 3.55. The summed E-state index contributed by atoms with van der Waals surface area (Å²) in [5.74, 6) is 0. The van der Waals surface area contributed by atoms with Gasteiger partial charge in [0.05, 0.1) is 12.7 Å². The molecule has 0 saturated carbocycles. The maximum absolute atomic E-state index is 9.37. The van der Waals surface area contributed by atoms with Crippen LogP contribution >= 0.6 is 0 Å². The highest BCUT2D eigenvalue weighted by molar-refractivity contribution is 5.12. The predicted molar refractivity (Wildman–Crippen MR) is 58.6 cm³/mol. The zero-order chi connectivity index (χ0) is 11.1. The Morgan fingerprint density at radius 1 is 1.53 bits per heavy atom. The van der Waals surface area contributed by atoms with Gasteiger partial charge in [-0.3, -0.25) is 4.98 Å². The quantitative estimate of drug-likeness (QED) is 0.717. The maximum Gasteiger partial charge on any atom is 0.0897 e. The Bertz CT molecular complexity index is 274. The molecular formula is C11H18N2O2. The molecule has 0 amide bonds. The van der Waals surface area contributed by atoms with Gasteiger partial charge in [0, 0.05) is 32.1 Å². The number of hydrogen-bond acceptors (Lipinski definition) is 4. The van der Waals surface area contributed by atoms with Crippen molar-refractivity contribution in [3.8, 4) is 0 Å². The number of nitrogens with one attached hydrogen (secondary N) is 1. The second-order valence-electron chi connectivity index (χ2n) is 3.55. The van der Waals surface area contributed by atoms with Crippen molar-refractivity contribution in [1.29, 1.82) is 0 Å². The van der Waals surface area contributed by atoms with Gasteiger partial charge in [0.2, 0.25) is 0 Å². The largest absolute Gasteiger partial charge is 0.389 e. The molecule has 1 aromatic heterocycles. The van der Waals surface area contributed by atoms with Crippen LogP contribution in [0.25, 0.3) is 0 Å². The minimum Gasteiger partial charge on any atom is -0.389 e. The molecule has 4 heteroatoms. The SMILES string of the molecule is COCC(O)CNCc1ccc(C)nc1. The van der Waals surface area contributed by atoms with Gasteiger partial charge in [-0.25, -0.2) is 0 Å². The standard InChI is InChI=1S/C11H18N2O2/c1-9-3-4-10(6-13-9)5-12-7-11(14)8-15-2/h3-4,6,11-12,14H,5,7-8H2,1-2H3. The number of aromatic nitrogens is 1. The fourth-order valence-electron chi connectivity index (χ4n) is 1.24. The molecule has 0 saturated heterocycles. The van der Waals surface area contributed by atoms with Crippen LogP contribution in [0.1, 0.15) is 11.3 Å². The molecule has 15 heavy (non-hydrogen) atoms. The second kappa shape index (κ2) is 6.50. The summed E-state index contributed by atoms with van der Waals surface area (Å²) < 4.78 is 4.82. The molecule has 1 aromatic rings. The molecule has 0 aliphatic heterocycles. The van der Waals surface area contributed by atoms with Crippen molar-refractivity contribution in [3.05, 3.63) is 29.6 Å². The molecule has 84 valence electrons. The first kappa shape index (κ1) is 12.1. The molecule has 1 rings (SSSR count). The average molecular weight is 210 g/mol. The maximum atomic E-state index is 9.37. The third kappa shape index (κ3) is 4.88. The molecule has 0 aromatic carbocycles. The Morgan fingerprint density at radius 3 is 2.93 bits per heavy atom. The molecule has 0 aliphatic rings. The van der Waals surface area contributed by atoms with E-state index in [4.69, 9.17) is 4.74 Å². The summed E-state index contributed by atoms with van der Waals surface area (Å²) in [7, 11) is 1.58. The van der Waals surface area contributed by atoms with E-state index in [0.717, 1.165) is 11.3 Å². The average Bonchev–Trinajstić information content (AvgIpc) is 2.21. The summed E-state index contributed by atoms with van der Waals surface area (Å²) in [5.41, 5.74) is 2.13. The number of hydrogen-bond donors (Lipinski definition) is 2. The smallest absolute Gasteiger partial charge is 0.0897 e. The molecule has 1 unspecified atom stereocenters. The van der Waals surface area contributed by atoms with E-state index in [1.165, 1.54) is 0 Å². The van der Waals surface area contributed by atoms with Crippen molar-refractivity contribution in [2.45, 2.75) is 19.6 Å². The van der Waals surface area contributed by atoms with Gasteiger partial charge in [-0.1, -0.05) is 6.07 Å². The molecule has 4 nitrogen and oxygen atoms in total. The zero-order valence-electron chi connectivity index (χ0n) is 9.23. The van der Waals surface area contributed by atoms with Crippen LogP contribution in [0.2, 0.25) is 0 Å². The molecule has 2 N–H and O–H groups in total. The van der Waals surface area contributed by atoms with Crippen molar-refractivity contribution in [2.24, 2.45) is 0 Å². The number of pyridine rings is 1. The highest BCUT2D eigenvalue weighted by atomic mass is 16.5. The highest BCUT2D eigenvalue weighted by Gasteiger charge is 2.01. The van der Waals surface area contributed by atoms with Crippen LogP contribution in [0.4, 0.5) is 0 Å². The van der Waals surface area contributed by atoms with Gasteiger partial charge < -0.3 is 15.2 Å². The summed E-state index contributed by atoms with van der Waals surface area (Å²) in [6.07, 6.45) is 1.39. The van der Waals surface area contributed by atoms with Gasteiger partial charge in [0.15, 0.2) is 0 Å². The number of aliphatic hydroxyl groups excluding tert-OH is 1. The third-order valence-corrected chi connectivity index (χ3v) is 2.04. The van der Waals surface area contributed by atoms with Crippen LogP contribution < -0.4 is 5.32 Å². The topological polar surface area (TPSA) is 54.4 Å². The van der Waals surface area contributed by atoms with Crippen molar-refractivity contribution in [2.75, 3.05) is 20.3 Å². The Balaban J connectivity index is 2.22. The summed E-state index contributed by atoms with van der Waals surface area (Å²) in [6, 6.07) is 4.00. The molecule has 0 bridgehead atoms. The lowest BCUT2D eigenvalue weighted by atomic mass is 10.2. The van der Waals surface area contributed by atoms with Gasteiger partial charge in [-0.05, 0) is 18.6 Å². The molecule has 1 atom stereocenters. The van der Waals surface area contributed by atoms with Crippen LogP contribution in [0.15, 0.2) is 18.3 Å². The van der Waals surface area contributed by atoms with Gasteiger partial charge in [-0.15, -0.1) is 0 Å². The Labute approximate surface area is 90.3 Å². The van der Waals surface area contributed by atoms with Crippen molar-refractivity contribution in [3.63, 3.8) is 0 Å². The predicted octanol–water partition coefficient (Wildman–Crippen LogP) is 0.487. The normalized spacial score (nSPS) is 12.7. The van der Waals surface area contributed by atoms with E-state index in [1.54, 1.807) is 7.11 Å². The number of aliphatic hydroxyl groups is 1. The van der Waals surface area contributed by atoms with E-state index >= 15 is 0 Å². The Morgan fingerprint density at radius 2 is 2.33 bits per heavy atom. The molecule has 0 fully saturated rings. The molecule has 0 aliphatic carbocycles. The van der Waals surface area contributed by atoms with Crippen molar-refractivity contribution < 1.29 is 9.84 Å². The first-order valence-electron chi connectivity index (χ1n) is 5.01. The van der Waals surface area contributed by atoms with Crippen molar-refractivity contribution >= 4 is 0 Å². The lowest BCUT2D eigenvalue weighted by molar-refractivity contribution is 0.0644. The lowest BCUT2D eigenvalue weighted by Crippen LogP contribution is -2.29. The van der Waals surface area contributed by atoms with Crippen LogP contribution in [0, 0.1) is 6.92 Å². The van der Waals surface area contributed by atoms with Gasteiger partial charge in [0.25, 0.3) is 0 Å². The first-order chi connectivity index (χ1) is 7.22. The summed E-state index contributed by atoms with van der Waals surface area (Å²) in [6.45, 7) is 3.56. The van der Waals surface area contributed by atoms with Crippen LogP contribution in [-0.4, -0.2) is 36.5 Å². The van der Waals surface area contributed by atoms with Crippen molar-refractivity contribution in [1.82, 2.24) is 10.3 Å². The molecular weight excluding hydrogens is 192 g/mol. The van der Waals surface area contributed by atoms with Crippen LogP contribution in [0.3, 0.4) is 0 Å². The monoisotopic (exact) mass is 210 g/mol. The third-order valence-electron chi connectivity index (χ3n) is 2.04. The van der Waals surface area contributed by atoms with E-state index in [2.05, 4.69) is 10.3 Å². The Kier molecular flexibility index (Phi) is 5.25. The van der Waals surface area contributed by atoms with Gasteiger partial charge in [0.1, 0.15) is 0 Å². The molecule has 0 spiro atoms. The van der Waals surface area contributed by atoms with Gasteiger partial charge >= 0.3 is 0 Å². The van der Waals surface area contributed by atoms with Crippen LogP contribution in [0.5, 0.6) is 0 Å². The summed E-state index contributed by atoms with van der Waals surface area (Å²) in [5, 5.41) is 12.5. The summed E-state index contributed by atoms with van der Waals surface area (Å²) >= 11 is 0. The van der Waals surface area contributed by atoms with E-state index in [-0.39, 0.29) is 0 Å². The number of ether oxygens (including phenoxy) is 1. The fourth-order valence-corrected chi connectivity index (χ4v) is 1.24. The number of aryl methyl sites for hydroxylation is 1. The van der Waals surface area contributed by atoms with Gasteiger partial charge in [-0.2, -0.15) is 0 Å². The number of rotatable bonds is 6. The van der Waals surface area contributed by atoms with E-state index in [0.29, 0.717) is 19.7 Å². The lowest BCUT2D eigenvalue weighted by Gasteiger charge is -2.10. The highest BCUT2D eigenvalue weighted by Crippen LogP contribution is 1.98. The molecule has 1 heterocycles. The Hall–Kier alpha value is -0.970. The first-order valence-corrected chi connectivity index (χ1v) is 5.01. The molecule has 0 radical (unpaired) electrons. The van der Waals surface area contributed by atoms with E-state index in [1.807, 2.05) is 25.3 Å². The van der Waals surface area contributed by atoms with E-state index in [9.17, 15) is 5.11 Å². The number of methoxy groups -OCH3 is 1. The fraction of sp³-hybridized carbons (Fsp3) is 0.545.